The molecule has 2 aromatic carbocycles. The van der Waals surface area contributed by atoms with Crippen molar-refractivity contribution in [2.75, 3.05) is 0 Å². The maximum atomic E-state index is 14.1. The number of carbonyl (C=O) groups is 2. The molecule has 0 fully saturated rings. The Bertz CT molecular complexity index is 707. The molecule has 0 aromatic heterocycles. The molecule has 21 heavy (non-hydrogen) atoms. The lowest BCUT2D eigenvalue weighted by atomic mass is 9.93. The van der Waals surface area contributed by atoms with Gasteiger partial charge < -0.3 is 11.5 Å². The predicted molar refractivity (Wildman–Crippen MR) is 76.5 cm³/mol. The molecule has 108 valence electrons. The molecular formula is C14H9BrF2N2O2. The van der Waals surface area contributed by atoms with Crippen LogP contribution in [0.5, 0.6) is 0 Å². The van der Waals surface area contributed by atoms with Crippen LogP contribution in [0, 0.1) is 11.6 Å². The third-order valence-corrected chi connectivity index (χ3v) is 3.31. The third-order valence-electron chi connectivity index (χ3n) is 2.85. The molecule has 4 N–H and O–H groups in total. The number of amides is 2. The summed E-state index contributed by atoms with van der Waals surface area (Å²) in [6.45, 7) is 0. The van der Waals surface area contributed by atoms with Crippen LogP contribution in [-0.2, 0) is 0 Å². The Morgan fingerprint density at radius 3 is 1.71 bits per heavy atom. The number of benzene rings is 2. The van der Waals surface area contributed by atoms with Crippen LogP contribution in [0.25, 0.3) is 11.1 Å². The fourth-order valence-corrected chi connectivity index (χ4v) is 2.42. The van der Waals surface area contributed by atoms with Gasteiger partial charge in [0.15, 0.2) is 0 Å². The minimum atomic E-state index is -0.946. The Labute approximate surface area is 126 Å². The average Bonchev–Trinajstić information content (AvgIpc) is 2.37. The van der Waals surface area contributed by atoms with E-state index in [2.05, 4.69) is 15.9 Å². The lowest BCUT2D eigenvalue weighted by molar-refractivity contribution is 0.0999. The Kier molecular flexibility index (Phi) is 4.04. The van der Waals surface area contributed by atoms with Crippen LogP contribution in [0.3, 0.4) is 0 Å². The Morgan fingerprint density at radius 1 is 0.905 bits per heavy atom. The highest BCUT2D eigenvalue weighted by atomic mass is 79.9. The van der Waals surface area contributed by atoms with Crippen molar-refractivity contribution in [2.24, 2.45) is 11.5 Å². The first kappa shape index (κ1) is 15.1. The number of hydrogen-bond acceptors (Lipinski definition) is 2. The van der Waals surface area contributed by atoms with E-state index in [-0.39, 0.29) is 21.2 Å². The average molecular weight is 355 g/mol. The second-order valence-electron chi connectivity index (χ2n) is 4.20. The van der Waals surface area contributed by atoms with Gasteiger partial charge in [-0.1, -0.05) is 22.0 Å². The van der Waals surface area contributed by atoms with Gasteiger partial charge in [-0.2, -0.15) is 0 Å². The SMILES string of the molecule is NC(=O)c1cccc(C(N)=O)c1-c1c(F)cc(Br)cc1F. The van der Waals surface area contributed by atoms with Gasteiger partial charge in [-0.3, -0.25) is 9.59 Å². The molecule has 0 bridgehead atoms. The normalized spacial score (nSPS) is 10.4. The van der Waals surface area contributed by atoms with E-state index in [9.17, 15) is 18.4 Å². The standard InChI is InChI=1S/C14H9BrF2N2O2/c15-6-4-9(16)12(10(17)5-6)11-7(13(18)20)2-1-3-8(11)14(19)21/h1-5H,(H2,18,20)(H2,19,21). The summed E-state index contributed by atoms with van der Waals surface area (Å²) in [6, 6.07) is 5.93. The summed E-state index contributed by atoms with van der Waals surface area (Å²) >= 11 is 2.95. The number of nitrogens with two attached hydrogens (primary N) is 2. The topological polar surface area (TPSA) is 86.2 Å². The van der Waals surface area contributed by atoms with Crippen molar-refractivity contribution in [1.82, 2.24) is 0 Å². The van der Waals surface area contributed by atoms with Crippen molar-refractivity contribution in [1.29, 1.82) is 0 Å². The molecule has 0 aliphatic carbocycles. The van der Waals surface area contributed by atoms with Gasteiger partial charge in [0.1, 0.15) is 11.6 Å². The number of halogens is 3. The van der Waals surface area contributed by atoms with Crippen molar-refractivity contribution >= 4 is 27.7 Å². The molecule has 0 saturated carbocycles. The summed E-state index contributed by atoms with van der Waals surface area (Å²) < 4.78 is 28.4. The van der Waals surface area contributed by atoms with Gasteiger partial charge in [-0.15, -0.1) is 0 Å². The van der Waals surface area contributed by atoms with E-state index < -0.39 is 29.0 Å². The van der Waals surface area contributed by atoms with Gasteiger partial charge in [0, 0.05) is 21.2 Å². The molecule has 0 saturated heterocycles. The molecule has 4 nitrogen and oxygen atoms in total. The smallest absolute Gasteiger partial charge is 0.249 e. The Balaban J connectivity index is 2.91. The zero-order valence-corrected chi connectivity index (χ0v) is 12.1. The van der Waals surface area contributed by atoms with E-state index in [1.807, 2.05) is 0 Å². The molecule has 7 heteroatoms. The van der Waals surface area contributed by atoms with Crippen molar-refractivity contribution in [3.63, 3.8) is 0 Å². The molecule has 0 radical (unpaired) electrons. The maximum Gasteiger partial charge on any atom is 0.249 e. The van der Waals surface area contributed by atoms with Crippen LogP contribution in [0.4, 0.5) is 8.78 Å². The molecular weight excluding hydrogens is 346 g/mol. The highest BCUT2D eigenvalue weighted by Crippen LogP contribution is 2.33. The first-order chi connectivity index (χ1) is 9.82. The van der Waals surface area contributed by atoms with Gasteiger partial charge in [-0.25, -0.2) is 8.78 Å². The van der Waals surface area contributed by atoms with Crippen LogP contribution < -0.4 is 11.5 Å². The Hall–Kier alpha value is -2.28. The van der Waals surface area contributed by atoms with Crippen molar-refractivity contribution in [3.8, 4) is 11.1 Å². The molecule has 0 heterocycles. The minimum Gasteiger partial charge on any atom is -0.366 e. The molecule has 0 spiro atoms. The molecule has 0 aliphatic heterocycles. The van der Waals surface area contributed by atoms with Crippen LogP contribution in [-0.4, -0.2) is 11.8 Å². The molecule has 0 aliphatic rings. The monoisotopic (exact) mass is 354 g/mol. The lowest BCUT2D eigenvalue weighted by Crippen LogP contribution is -2.18. The highest BCUT2D eigenvalue weighted by Gasteiger charge is 2.23. The van der Waals surface area contributed by atoms with E-state index in [0.29, 0.717) is 0 Å². The van der Waals surface area contributed by atoms with E-state index >= 15 is 0 Å². The number of primary amides is 2. The van der Waals surface area contributed by atoms with E-state index in [4.69, 9.17) is 11.5 Å². The van der Waals surface area contributed by atoms with Crippen LogP contribution in [0.2, 0.25) is 0 Å². The summed E-state index contributed by atoms with van der Waals surface area (Å²) in [5, 5.41) is 0. The molecule has 0 atom stereocenters. The summed E-state index contributed by atoms with van der Waals surface area (Å²) in [7, 11) is 0. The highest BCUT2D eigenvalue weighted by molar-refractivity contribution is 9.10. The number of carbonyl (C=O) groups excluding carboxylic acids is 2. The fraction of sp³-hybridized carbons (Fsp3) is 0. The molecule has 2 amide bonds. The molecule has 2 aromatic rings. The van der Waals surface area contributed by atoms with Crippen molar-refractivity contribution in [2.45, 2.75) is 0 Å². The van der Waals surface area contributed by atoms with E-state index in [1.54, 1.807) is 0 Å². The largest absolute Gasteiger partial charge is 0.366 e. The van der Waals surface area contributed by atoms with Gasteiger partial charge in [0.05, 0.1) is 5.56 Å². The summed E-state index contributed by atoms with van der Waals surface area (Å²) in [5.74, 6) is -3.74. The number of hydrogen-bond donors (Lipinski definition) is 2. The van der Waals surface area contributed by atoms with Crippen molar-refractivity contribution in [3.05, 3.63) is 57.6 Å². The fourth-order valence-electron chi connectivity index (χ4n) is 2.01. The Morgan fingerprint density at radius 2 is 1.33 bits per heavy atom. The summed E-state index contributed by atoms with van der Waals surface area (Å²) in [4.78, 5) is 23.0. The maximum absolute atomic E-state index is 14.1. The van der Waals surface area contributed by atoms with Crippen LogP contribution in [0.1, 0.15) is 20.7 Å². The first-order valence-corrected chi connectivity index (χ1v) is 6.49. The summed E-state index contributed by atoms with van der Waals surface area (Å²) in [5.41, 5.74) is 9.26. The van der Waals surface area contributed by atoms with E-state index in [0.717, 1.165) is 12.1 Å². The minimum absolute atomic E-state index is 0.179. The quantitative estimate of drug-likeness (QED) is 0.887. The zero-order valence-electron chi connectivity index (χ0n) is 10.5. The van der Waals surface area contributed by atoms with Crippen LogP contribution in [0.15, 0.2) is 34.8 Å². The second-order valence-corrected chi connectivity index (χ2v) is 5.12. The van der Waals surface area contributed by atoms with Gasteiger partial charge in [0.2, 0.25) is 11.8 Å². The van der Waals surface area contributed by atoms with Crippen molar-refractivity contribution < 1.29 is 18.4 Å². The van der Waals surface area contributed by atoms with Gasteiger partial charge in [0.25, 0.3) is 0 Å². The van der Waals surface area contributed by atoms with E-state index in [1.165, 1.54) is 18.2 Å². The third kappa shape index (κ3) is 2.78. The van der Waals surface area contributed by atoms with Crippen LogP contribution >= 0.6 is 15.9 Å². The molecule has 0 unspecified atom stereocenters. The predicted octanol–water partition coefficient (Wildman–Crippen LogP) is 2.59. The lowest BCUT2D eigenvalue weighted by Gasteiger charge is -2.13. The molecule has 2 rings (SSSR count). The zero-order chi connectivity index (χ0) is 15.7. The number of rotatable bonds is 3. The first-order valence-electron chi connectivity index (χ1n) is 5.70. The summed E-state index contributed by atoms with van der Waals surface area (Å²) in [6.07, 6.45) is 0. The second kappa shape index (κ2) is 5.61. The van der Waals surface area contributed by atoms with Gasteiger partial charge in [-0.05, 0) is 24.3 Å². The van der Waals surface area contributed by atoms with Gasteiger partial charge >= 0.3 is 0 Å².